The molecule has 0 bridgehead atoms. The van der Waals surface area contributed by atoms with Crippen LogP contribution in [0.2, 0.25) is 0 Å². The number of aromatic nitrogens is 1. The monoisotopic (exact) mass is 411 g/mol. The van der Waals surface area contributed by atoms with Gasteiger partial charge in [-0.15, -0.1) is 0 Å². The van der Waals surface area contributed by atoms with Crippen molar-refractivity contribution >= 4 is 11.9 Å². The average Bonchev–Trinajstić information content (AvgIpc) is 3.47. The van der Waals surface area contributed by atoms with E-state index in [1.807, 2.05) is 29.2 Å². The lowest BCUT2D eigenvalue weighted by molar-refractivity contribution is -0.142. The number of rotatable bonds is 4. The maximum absolute atomic E-state index is 12.5. The highest BCUT2D eigenvalue weighted by molar-refractivity contribution is 5.82. The first kappa shape index (κ1) is 20.4. The summed E-state index contributed by atoms with van der Waals surface area (Å²) in [6, 6.07) is 8.11. The average molecular weight is 412 g/mol. The first-order valence-electron chi connectivity index (χ1n) is 10.5. The van der Waals surface area contributed by atoms with E-state index in [9.17, 15) is 4.79 Å². The maximum atomic E-state index is 12.5. The fourth-order valence-corrected chi connectivity index (χ4v) is 3.83. The Bertz CT molecular complexity index is 878. The van der Waals surface area contributed by atoms with Crippen LogP contribution in [0.4, 0.5) is 0 Å². The van der Waals surface area contributed by atoms with Crippen LogP contribution in [0.5, 0.6) is 0 Å². The standard InChI is InChI=1S/C22H29N5O3/c1-16-5-7-17(8-6-16)20-25-18(15-30-20)14-24-22(23-2)27-11-9-26(10-12-27)21(28)19-4-3-13-29-19/h5-8,15,19H,3-4,9-14H2,1-2H3,(H,23,24). The van der Waals surface area contributed by atoms with E-state index in [2.05, 4.69) is 27.1 Å². The minimum atomic E-state index is -0.246. The zero-order valence-corrected chi connectivity index (χ0v) is 17.6. The summed E-state index contributed by atoms with van der Waals surface area (Å²) in [4.78, 5) is 25.6. The summed E-state index contributed by atoms with van der Waals surface area (Å²) in [5.41, 5.74) is 2.98. The molecule has 4 rings (SSSR count). The molecule has 3 heterocycles. The summed E-state index contributed by atoms with van der Waals surface area (Å²) in [6.45, 7) is 6.12. The number of piperazine rings is 1. The Morgan fingerprint density at radius 3 is 2.60 bits per heavy atom. The predicted octanol–water partition coefficient (Wildman–Crippen LogP) is 2.05. The van der Waals surface area contributed by atoms with Gasteiger partial charge in [0.25, 0.3) is 5.91 Å². The van der Waals surface area contributed by atoms with Crippen LogP contribution < -0.4 is 5.32 Å². The molecular formula is C22H29N5O3. The van der Waals surface area contributed by atoms with Crippen LogP contribution in [-0.4, -0.2) is 72.6 Å². The summed E-state index contributed by atoms with van der Waals surface area (Å²) in [5.74, 6) is 1.54. The highest BCUT2D eigenvalue weighted by Crippen LogP contribution is 2.19. The van der Waals surface area contributed by atoms with Gasteiger partial charge >= 0.3 is 0 Å². The number of amides is 1. The zero-order valence-electron chi connectivity index (χ0n) is 17.6. The molecule has 0 spiro atoms. The number of carbonyl (C=O) groups excluding carboxylic acids is 1. The lowest BCUT2D eigenvalue weighted by Crippen LogP contribution is -2.55. The van der Waals surface area contributed by atoms with Gasteiger partial charge in [0.05, 0.1) is 12.2 Å². The Morgan fingerprint density at radius 2 is 1.93 bits per heavy atom. The van der Waals surface area contributed by atoms with Gasteiger partial charge < -0.3 is 24.3 Å². The van der Waals surface area contributed by atoms with Gasteiger partial charge in [0, 0.05) is 45.4 Å². The van der Waals surface area contributed by atoms with Crippen LogP contribution in [0.25, 0.3) is 11.5 Å². The molecule has 0 radical (unpaired) electrons. The second-order valence-electron chi connectivity index (χ2n) is 7.72. The van der Waals surface area contributed by atoms with Crippen LogP contribution in [0, 0.1) is 6.92 Å². The van der Waals surface area contributed by atoms with Gasteiger partial charge in [0.1, 0.15) is 12.4 Å². The van der Waals surface area contributed by atoms with Crippen molar-refractivity contribution < 1.29 is 13.9 Å². The molecule has 2 aromatic rings. The first-order chi connectivity index (χ1) is 14.6. The van der Waals surface area contributed by atoms with Crippen molar-refractivity contribution in [1.82, 2.24) is 20.1 Å². The van der Waals surface area contributed by atoms with E-state index in [-0.39, 0.29) is 12.0 Å². The molecule has 30 heavy (non-hydrogen) atoms. The van der Waals surface area contributed by atoms with E-state index in [1.165, 1.54) is 5.56 Å². The molecule has 8 nitrogen and oxygen atoms in total. The van der Waals surface area contributed by atoms with Crippen LogP contribution in [0.1, 0.15) is 24.1 Å². The van der Waals surface area contributed by atoms with E-state index in [4.69, 9.17) is 9.15 Å². The number of hydrogen-bond acceptors (Lipinski definition) is 5. The summed E-state index contributed by atoms with van der Waals surface area (Å²) in [7, 11) is 1.77. The summed E-state index contributed by atoms with van der Waals surface area (Å²) in [5, 5.41) is 3.35. The lowest BCUT2D eigenvalue weighted by Gasteiger charge is -2.37. The number of aliphatic imine (C=N–C) groups is 1. The van der Waals surface area contributed by atoms with Crippen molar-refractivity contribution in [2.75, 3.05) is 39.8 Å². The van der Waals surface area contributed by atoms with E-state index in [1.54, 1.807) is 13.3 Å². The number of carbonyl (C=O) groups is 1. The number of benzene rings is 1. The summed E-state index contributed by atoms with van der Waals surface area (Å²) >= 11 is 0. The molecule has 8 heteroatoms. The SMILES string of the molecule is CN=C(NCc1coc(-c2ccc(C)cc2)n1)N1CCN(C(=O)C2CCCO2)CC1. The summed E-state index contributed by atoms with van der Waals surface area (Å²) < 4.78 is 11.2. The number of ether oxygens (including phenoxy) is 1. The topological polar surface area (TPSA) is 83.2 Å². The first-order valence-corrected chi connectivity index (χ1v) is 10.5. The third-order valence-corrected chi connectivity index (χ3v) is 5.59. The van der Waals surface area contributed by atoms with E-state index in [0.29, 0.717) is 32.1 Å². The van der Waals surface area contributed by atoms with E-state index >= 15 is 0 Å². The molecule has 0 saturated carbocycles. The second kappa shape index (κ2) is 9.30. The molecule has 1 aromatic carbocycles. The van der Waals surface area contributed by atoms with Gasteiger partial charge in [-0.3, -0.25) is 9.79 Å². The number of guanidine groups is 1. The van der Waals surface area contributed by atoms with Crippen molar-refractivity contribution in [1.29, 1.82) is 0 Å². The molecule has 0 aliphatic carbocycles. The van der Waals surface area contributed by atoms with Gasteiger partial charge in [-0.05, 0) is 31.9 Å². The van der Waals surface area contributed by atoms with Crippen molar-refractivity contribution in [2.45, 2.75) is 32.4 Å². The Kier molecular flexibility index (Phi) is 6.32. The molecule has 1 unspecified atom stereocenters. The van der Waals surface area contributed by atoms with Crippen LogP contribution in [0.15, 0.2) is 39.9 Å². The predicted molar refractivity (Wildman–Crippen MR) is 114 cm³/mol. The normalized spacial score (nSPS) is 19.9. The van der Waals surface area contributed by atoms with Gasteiger partial charge in [-0.2, -0.15) is 0 Å². The van der Waals surface area contributed by atoms with Gasteiger partial charge in [0.2, 0.25) is 5.89 Å². The molecule has 2 fully saturated rings. The lowest BCUT2D eigenvalue weighted by atomic mass is 10.1. The van der Waals surface area contributed by atoms with Crippen molar-refractivity contribution in [3.63, 3.8) is 0 Å². The zero-order chi connectivity index (χ0) is 20.9. The molecule has 1 amide bonds. The van der Waals surface area contributed by atoms with Crippen LogP contribution in [0.3, 0.4) is 0 Å². The largest absolute Gasteiger partial charge is 0.444 e. The fourth-order valence-electron chi connectivity index (χ4n) is 3.83. The number of nitrogens with one attached hydrogen (secondary N) is 1. The summed E-state index contributed by atoms with van der Waals surface area (Å²) in [6.07, 6.45) is 3.24. The minimum absolute atomic E-state index is 0.126. The van der Waals surface area contributed by atoms with Gasteiger partial charge in [-0.25, -0.2) is 4.98 Å². The fraction of sp³-hybridized carbons (Fsp3) is 0.500. The van der Waals surface area contributed by atoms with Crippen molar-refractivity contribution in [3.05, 3.63) is 41.8 Å². The van der Waals surface area contributed by atoms with Crippen LogP contribution >= 0.6 is 0 Å². The van der Waals surface area contributed by atoms with Crippen molar-refractivity contribution in [3.8, 4) is 11.5 Å². The highest BCUT2D eigenvalue weighted by Gasteiger charge is 2.30. The Balaban J connectivity index is 1.28. The maximum Gasteiger partial charge on any atom is 0.251 e. The van der Waals surface area contributed by atoms with E-state index < -0.39 is 0 Å². The molecule has 160 valence electrons. The molecule has 1 aromatic heterocycles. The Hall–Kier alpha value is -2.87. The number of aryl methyl sites for hydroxylation is 1. The number of nitrogens with zero attached hydrogens (tertiary/aromatic N) is 4. The molecular weight excluding hydrogens is 382 g/mol. The smallest absolute Gasteiger partial charge is 0.251 e. The van der Waals surface area contributed by atoms with Gasteiger partial charge in [0.15, 0.2) is 5.96 Å². The molecule has 2 aliphatic heterocycles. The van der Waals surface area contributed by atoms with Gasteiger partial charge in [-0.1, -0.05) is 17.7 Å². The minimum Gasteiger partial charge on any atom is -0.444 e. The third kappa shape index (κ3) is 4.64. The molecule has 2 saturated heterocycles. The molecule has 1 N–H and O–H groups in total. The Morgan fingerprint density at radius 1 is 1.20 bits per heavy atom. The van der Waals surface area contributed by atoms with Crippen molar-refractivity contribution in [2.24, 2.45) is 4.99 Å². The molecule has 2 aliphatic rings. The highest BCUT2D eigenvalue weighted by atomic mass is 16.5. The number of hydrogen-bond donors (Lipinski definition) is 1. The van der Waals surface area contributed by atoms with E-state index in [0.717, 1.165) is 43.1 Å². The quantitative estimate of drug-likeness (QED) is 0.612. The number of oxazole rings is 1. The third-order valence-electron chi connectivity index (χ3n) is 5.59. The van der Waals surface area contributed by atoms with Crippen LogP contribution in [-0.2, 0) is 16.1 Å². The molecule has 1 atom stereocenters. The second-order valence-corrected chi connectivity index (χ2v) is 7.72. The Labute approximate surface area is 176 Å².